The van der Waals surface area contributed by atoms with E-state index in [0.717, 1.165) is 43.8 Å². The van der Waals surface area contributed by atoms with Gasteiger partial charge in [0.1, 0.15) is 5.75 Å². The Morgan fingerprint density at radius 1 is 1.35 bits per heavy atom. The van der Waals surface area contributed by atoms with Gasteiger partial charge in [-0.25, -0.2) is 0 Å². The van der Waals surface area contributed by atoms with Crippen LogP contribution < -0.4 is 15.4 Å². The van der Waals surface area contributed by atoms with E-state index in [-0.39, 0.29) is 24.0 Å². The molecule has 0 aliphatic heterocycles. The average Bonchev–Trinajstić information content (AvgIpc) is 3.44. The fourth-order valence-corrected chi connectivity index (χ4v) is 2.95. The van der Waals surface area contributed by atoms with Gasteiger partial charge in [-0.2, -0.15) is 0 Å². The summed E-state index contributed by atoms with van der Waals surface area (Å²) in [6.45, 7) is 8.98. The number of halogens is 1. The Hall–Kier alpha value is -1.02. The molecule has 1 atom stereocenters. The molecule has 0 spiro atoms. The van der Waals surface area contributed by atoms with Gasteiger partial charge in [-0.3, -0.25) is 9.89 Å². The summed E-state index contributed by atoms with van der Waals surface area (Å²) in [5, 5.41) is 6.78. The van der Waals surface area contributed by atoms with Gasteiger partial charge in [0.15, 0.2) is 5.96 Å². The fraction of sp³-hybridized carbons (Fsp3) is 0.650. The van der Waals surface area contributed by atoms with E-state index in [1.54, 1.807) is 7.11 Å². The third-order valence-corrected chi connectivity index (χ3v) is 4.80. The van der Waals surface area contributed by atoms with E-state index in [1.165, 1.54) is 24.0 Å². The molecule has 1 aromatic carbocycles. The lowest BCUT2D eigenvalue weighted by molar-refractivity contribution is 0.253. The maximum Gasteiger partial charge on any atom is 0.191 e. The molecule has 1 aromatic rings. The van der Waals surface area contributed by atoms with E-state index in [9.17, 15) is 0 Å². The third-order valence-electron chi connectivity index (χ3n) is 4.80. The Balaban J connectivity index is 0.00000338. The summed E-state index contributed by atoms with van der Waals surface area (Å²) in [5.74, 6) is 1.85. The summed E-state index contributed by atoms with van der Waals surface area (Å²) in [6.07, 6.45) is 3.58. The lowest BCUT2D eigenvalue weighted by Gasteiger charge is -2.23. The van der Waals surface area contributed by atoms with E-state index in [0.29, 0.717) is 6.04 Å². The minimum absolute atomic E-state index is 0. The summed E-state index contributed by atoms with van der Waals surface area (Å²) in [5.41, 5.74) is 2.49. The molecule has 1 fully saturated rings. The number of hydrogen-bond acceptors (Lipinski definition) is 3. The molecule has 6 heteroatoms. The van der Waals surface area contributed by atoms with E-state index in [1.807, 2.05) is 6.07 Å². The number of guanidine groups is 1. The Morgan fingerprint density at radius 2 is 2.08 bits per heavy atom. The first-order valence-corrected chi connectivity index (χ1v) is 9.42. The van der Waals surface area contributed by atoms with E-state index < -0.39 is 0 Å². The Bertz CT molecular complexity index is 575. The number of methoxy groups -OCH3 is 1. The van der Waals surface area contributed by atoms with Crippen molar-refractivity contribution in [3.05, 3.63) is 29.3 Å². The van der Waals surface area contributed by atoms with Gasteiger partial charge in [-0.05, 0) is 58.7 Å². The molecule has 0 amide bonds. The minimum atomic E-state index is 0. The van der Waals surface area contributed by atoms with Crippen molar-refractivity contribution in [1.82, 2.24) is 15.5 Å². The zero-order valence-electron chi connectivity index (χ0n) is 16.8. The molecule has 0 radical (unpaired) electrons. The number of benzene rings is 1. The molecular formula is C20H35IN4O. The number of ether oxygens (including phenoxy) is 1. The molecule has 1 aliphatic carbocycles. The van der Waals surface area contributed by atoms with Crippen LogP contribution in [0.1, 0.15) is 37.8 Å². The van der Waals surface area contributed by atoms with Crippen LogP contribution in [-0.2, 0) is 6.42 Å². The van der Waals surface area contributed by atoms with E-state index in [4.69, 9.17) is 9.73 Å². The van der Waals surface area contributed by atoms with Crippen LogP contribution in [0.4, 0.5) is 0 Å². The summed E-state index contributed by atoms with van der Waals surface area (Å²) < 4.78 is 5.46. The van der Waals surface area contributed by atoms with E-state index >= 15 is 0 Å². The molecule has 1 aliphatic rings. The molecule has 2 rings (SSSR count). The van der Waals surface area contributed by atoms with Crippen LogP contribution in [-0.4, -0.2) is 56.7 Å². The second kappa shape index (κ2) is 11.6. The number of aliphatic imine (C=N–C) groups is 1. The van der Waals surface area contributed by atoms with Gasteiger partial charge < -0.3 is 15.4 Å². The lowest BCUT2D eigenvalue weighted by atomic mass is 10.1. The van der Waals surface area contributed by atoms with Crippen molar-refractivity contribution in [2.75, 3.05) is 33.8 Å². The van der Waals surface area contributed by atoms with Crippen LogP contribution in [0.2, 0.25) is 0 Å². The first kappa shape index (κ1) is 23.0. The number of nitrogens with zero attached hydrogens (tertiary/aromatic N) is 2. The molecule has 0 aromatic heterocycles. The number of hydrogen-bond donors (Lipinski definition) is 2. The average molecular weight is 474 g/mol. The number of aryl methyl sites for hydroxylation is 1. The van der Waals surface area contributed by atoms with Crippen LogP contribution in [0.3, 0.4) is 0 Å². The normalized spacial score (nSPS) is 15.4. The highest BCUT2D eigenvalue weighted by Gasteiger charge is 2.28. The Morgan fingerprint density at radius 3 is 2.69 bits per heavy atom. The van der Waals surface area contributed by atoms with Crippen molar-refractivity contribution < 1.29 is 4.74 Å². The molecule has 2 N–H and O–H groups in total. The maximum atomic E-state index is 5.46. The van der Waals surface area contributed by atoms with Crippen LogP contribution in [0.15, 0.2) is 23.2 Å². The van der Waals surface area contributed by atoms with E-state index in [2.05, 4.69) is 55.5 Å². The predicted octanol–water partition coefficient (Wildman–Crippen LogP) is 3.20. The molecular weight excluding hydrogens is 439 g/mol. The van der Waals surface area contributed by atoms with Gasteiger partial charge in [0.05, 0.1) is 13.7 Å². The smallest absolute Gasteiger partial charge is 0.191 e. The maximum absolute atomic E-state index is 5.46. The molecule has 26 heavy (non-hydrogen) atoms. The molecule has 1 unspecified atom stereocenters. The summed E-state index contributed by atoms with van der Waals surface area (Å²) in [4.78, 5) is 7.21. The summed E-state index contributed by atoms with van der Waals surface area (Å²) in [7, 11) is 3.94. The van der Waals surface area contributed by atoms with Crippen LogP contribution in [0, 0.1) is 6.92 Å². The van der Waals surface area contributed by atoms with Crippen molar-refractivity contribution in [2.45, 2.75) is 52.1 Å². The monoisotopic (exact) mass is 474 g/mol. The Labute approximate surface area is 176 Å². The number of rotatable bonds is 9. The Kier molecular flexibility index (Phi) is 10.3. The molecule has 0 heterocycles. The van der Waals surface area contributed by atoms with Gasteiger partial charge >= 0.3 is 0 Å². The molecule has 5 nitrogen and oxygen atoms in total. The number of nitrogens with one attached hydrogen (secondary N) is 2. The van der Waals surface area contributed by atoms with Gasteiger partial charge in [0, 0.05) is 25.2 Å². The topological polar surface area (TPSA) is 48.9 Å². The molecule has 0 bridgehead atoms. The van der Waals surface area contributed by atoms with Crippen molar-refractivity contribution in [3.8, 4) is 5.75 Å². The first-order chi connectivity index (χ1) is 12.0. The highest BCUT2D eigenvalue weighted by molar-refractivity contribution is 14.0. The quantitative estimate of drug-likeness (QED) is 0.328. The van der Waals surface area contributed by atoms with Crippen molar-refractivity contribution in [3.63, 3.8) is 0 Å². The highest BCUT2D eigenvalue weighted by atomic mass is 127. The molecule has 1 saturated carbocycles. The minimum Gasteiger partial charge on any atom is -0.496 e. The lowest BCUT2D eigenvalue weighted by Crippen LogP contribution is -2.40. The van der Waals surface area contributed by atoms with Crippen molar-refractivity contribution in [2.24, 2.45) is 4.99 Å². The van der Waals surface area contributed by atoms with Gasteiger partial charge in [-0.1, -0.05) is 17.7 Å². The SMILES string of the molecule is CCNC(=NCC(C)N(C)C1CC1)NCCc1cc(C)ccc1OC.I. The van der Waals surface area contributed by atoms with Crippen LogP contribution in [0.5, 0.6) is 5.75 Å². The molecule has 148 valence electrons. The zero-order chi connectivity index (χ0) is 18.2. The van der Waals surface area contributed by atoms with Crippen LogP contribution >= 0.6 is 24.0 Å². The predicted molar refractivity (Wildman–Crippen MR) is 121 cm³/mol. The van der Waals surface area contributed by atoms with Crippen LogP contribution in [0.25, 0.3) is 0 Å². The summed E-state index contributed by atoms with van der Waals surface area (Å²) in [6, 6.07) is 7.56. The largest absolute Gasteiger partial charge is 0.496 e. The third kappa shape index (κ3) is 7.31. The fourth-order valence-electron chi connectivity index (χ4n) is 2.95. The summed E-state index contributed by atoms with van der Waals surface area (Å²) >= 11 is 0. The van der Waals surface area contributed by atoms with Gasteiger partial charge in [-0.15, -0.1) is 24.0 Å². The standard InChI is InChI=1S/C20H34N4O.HI/c1-6-21-20(23-14-16(3)24(4)18-8-9-18)22-12-11-17-13-15(2)7-10-19(17)25-5;/h7,10,13,16,18H,6,8-9,11-12,14H2,1-5H3,(H2,21,22,23);1H. The highest BCUT2D eigenvalue weighted by Crippen LogP contribution is 2.26. The zero-order valence-corrected chi connectivity index (χ0v) is 19.2. The van der Waals surface area contributed by atoms with Crippen molar-refractivity contribution >= 4 is 29.9 Å². The second-order valence-corrected chi connectivity index (χ2v) is 6.96. The number of likely N-dealkylation sites (N-methyl/N-ethyl adjacent to an activating group) is 1. The van der Waals surface area contributed by atoms with Gasteiger partial charge in [0.2, 0.25) is 0 Å². The first-order valence-electron chi connectivity index (χ1n) is 9.42. The van der Waals surface area contributed by atoms with Gasteiger partial charge in [0.25, 0.3) is 0 Å². The second-order valence-electron chi connectivity index (χ2n) is 6.96. The van der Waals surface area contributed by atoms with Crippen molar-refractivity contribution in [1.29, 1.82) is 0 Å². The molecule has 0 saturated heterocycles.